The first-order valence-corrected chi connectivity index (χ1v) is 5.16. The Hall–Kier alpha value is -1.02. The highest BCUT2D eigenvalue weighted by Gasteiger charge is 2.20. The molecule has 0 amide bonds. The second-order valence-corrected chi connectivity index (χ2v) is 4.24. The van der Waals surface area contributed by atoms with E-state index >= 15 is 0 Å². The van der Waals surface area contributed by atoms with Crippen LogP contribution >= 0.6 is 11.6 Å². The van der Waals surface area contributed by atoms with E-state index in [9.17, 15) is 0 Å². The van der Waals surface area contributed by atoms with E-state index in [1.807, 2.05) is 12.1 Å². The van der Waals surface area contributed by atoms with Gasteiger partial charge in [0.2, 0.25) is 0 Å². The van der Waals surface area contributed by atoms with Gasteiger partial charge in [0, 0.05) is 10.9 Å². The maximum Gasteiger partial charge on any atom is 0.0940 e. The predicted molar refractivity (Wildman–Crippen MR) is 58.9 cm³/mol. The van der Waals surface area contributed by atoms with Crippen LogP contribution in [0.5, 0.6) is 0 Å². The van der Waals surface area contributed by atoms with Gasteiger partial charge < -0.3 is 5.73 Å². The van der Waals surface area contributed by atoms with Crippen molar-refractivity contribution >= 4 is 17.4 Å². The number of fused-ring (bicyclic) bond motifs is 1. The Balaban J connectivity index is 2.29. The molecule has 0 spiro atoms. The molecule has 1 atom stereocenters. The normalized spacial score (nSPS) is 20.2. The molecule has 0 heterocycles. The SMILES string of the molecule is N=C(N)C1CCc2ccc(Cl)cc2C1. The van der Waals surface area contributed by atoms with Crippen LogP contribution in [-0.4, -0.2) is 5.84 Å². The monoisotopic (exact) mass is 208 g/mol. The van der Waals surface area contributed by atoms with E-state index < -0.39 is 0 Å². The van der Waals surface area contributed by atoms with Gasteiger partial charge in [-0.2, -0.15) is 0 Å². The first kappa shape index (κ1) is 9.53. The summed E-state index contributed by atoms with van der Waals surface area (Å²) in [5.41, 5.74) is 8.12. The third-order valence-corrected chi connectivity index (χ3v) is 3.07. The average Bonchev–Trinajstić information content (AvgIpc) is 2.16. The van der Waals surface area contributed by atoms with Crippen LogP contribution in [0.15, 0.2) is 18.2 Å². The lowest BCUT2D eigenvalue weighted by molar-refractivity contribution is 0.577. The fourth-order valence-electron chi connectivity index (χ4n) is 1.99. The fourth-order valence-corrected chi connectivity index (χ4v) is 2.19. The van der Waals surface area contributed by atoms with Crippen molar-refractivity contribution < 1.29 is 0 Å². The van der Waals surface area contributed by atoms with Crippen molar-refractivity contribution in [3.63, 3.8) is 0 Å². The van der Waals surface area contributed by atoms with E-state index in [0.29, 0.717) is 5.84 Å². The standard InChI is InChI=1S/C11H13ClN2/c12-10-4-3-7-1-2-8(11(13)14)5-9(7)6-10/h3-4,6,8H,1-2,5H2,(H3,13,14). The molecule has 0 aromatic heterocycles. The van der Waals surface area contributed by atoms with Crippen LogP contribution in [0.1, 0.15) is 17.5 Å². The molecule has 1 aromatic carbocycles. The van der Waals surface area contributed by atoms with Gasteiger partial charge in [0.1, 0.15) is 0 Å². The third-order valence-electron chi connectivity index (χ3n) is 2.84. The van der Waals surface area contributed by atoms with Crippen molar-refractivity contribution in [1.29, 1.82) is 5.41 Å². The molecule has 1 unspecified atom stereocenters. The van der Waals surface area contributed by atoms with Gasteiger partial charge in [-0.05, 0) is 42.5 Å². The Morgan fingerprint density at radius 2 is 2.21 bits per heavy atom. The molecule has 0 saturated heterocycles. The molecule has 74 valence electrons. The van der Waals surface area contributed by atoms with Crippen LogP contribution in [0.3, 0.4) is 0 Å². The van der Waals surface area contributed by atoms with Gasteiger partial charge in [-0.25, -0.2) is 0 Å². The highest BCUT2D eigenvalue weighted by atomic mass is 35.5. The maximum absolute atomic E-state index is 7.43. The molecule has 14 heavy (non-hydrogen) atoms. The second-order valence-electron chi connectivity index (χ2n) is 3.81. The molecule has 1 aromatic rings. The number of hydrogen-bond donors (Lipinski definition) is 2. The molecule has 0 saturated carbocycles. The van der Waals surface area contributed by atoms with Crippen LogP contribution in [0, 0.1) is 11.3 Å². The van der Waals surface area contributed by atoms with Gasteiger partial charge in [-0.3, -0.25) is 5.41 Å². The lowest BCUT2D eigenvalue weighted by Crippen LogP contribution is -2.27. The summed E-state index contributed by atoms with van der Waals surface area (Å²) >= 11 is 5.92. The Kier molecular flexibility index (Phi) is 2.46. The lowest BCUT2D eigenvalue weighted by Gasteiger charge is -2.23. The average molecular weight is 209 g/mol. The Morgan fingerprint density at radius 3 is 2.93 bits per heavy atom. The molecular formula is C11H13ClN2. The number of rotatable bonds is 1. The number of benzene rings is 1. The summed E-state index contributed by atoms with van der Waals surface area (Å²) in [6.45, 7) is 0. The molecule has 2 rings (SSSR count). The van der Waals surface area contributed by atoms with Crippen LogP contribution in [0.4, 0.5) is 0 Å². The number of nitrogens with one attached hydrogen (secondary N) is 1. The smallest absolute Gasteiger partial charge is 0.0940 e. The quantitative estimate of drug-likeness (QED) is 0.540. The molecular weight excluding hydrogens is 196 g/mol. The summed E-state index contributed by atoms with van der Waals surface area (Å²) < 4.78 is 0. The summed E-state index contributed by atoms with van der Waals surface area (Å²) in [5.74, 6) is 0.511. The van der Waals surface area contributed by atoms with Gasteiger partial charge >= 0.3 is 0 Å². The minimum absolute atomic E-state index is 0.209. The zero-order valence-corrected chi connectivity index (χ0v) is 8.64. The van der Waals surface area contributed by atoms with E-state index in [2.05, 4.69) is 6.07 Å². The van der Waals surface area contributed by atoms with Gasteiger partial charge in [0.15, 0.2) is 0 Å². The molecule has 0 aliphatic heterocycles. The van der Waals surface area contributed by atoms with Gasteiger partial charge in [-0.15, -0.1) is 0 Å². The van der Waals surface area contributed by atoms with Gasteiger partial charge in [0.25, 0.3) is 0 Å². The Bertz CT molecular complexity index is 374. The topological polar surface area (TPSA) is 49.9 Å². The van der Waals surface area contributed by atoms with Crippen LogP contribution in [0.25, 0.3) is 0 Å². The summed E-state index contributed by atoms with van der Waals surface area (Å²) in [5, 5.41) is 8.20. The number of aryl methyl sites for hydroxylation is 1. The van der Waals surface area contributed by atoms with Crippen molar-refractivity contribution in [2.45, 2.75) is 19.3 Å². The number of halogens is 1. The van der Waals surface area contributed by atoms with Crippen molar-refractivity contribution in [2.24, 2.45) is 11.7 Å². The number of nitrogens with two attached hydrogens (primary N) is 1. The van der Waals surface area contributed by atoms with Gasteiger partial charge in [0.05, 0.1) is 5.84 Å². The minimum atomic E-state index is 0.209. The van der Waals surface area contributed by atoms with Crippen LogP contribution < -0.4 is 5.73 Å². The molecule has 2 nitrogen and oxygen atoms in total. The molecule has 1 aliphatic rings. The Labute approximate surface area is 88.6 Å². The first-order valence-electron chi connectivity index (χ1n) is 4.78. The molecule has 1 aliphatic carbocycles. The predicted octanol–water partition coefficient (Wildman–Crippen LogP) is 2.38. The zero-order valence-electron chi connectivity index (χ0n) is 7.89. The molecule has 0 fully saturated rings. The zero-order chi connectivity index (χ0) is 10.1. The van der Waals surface area contributed by atoms with Crippen molar-refractivity contribution in [2.75, 3.05) is 0 Å². The molecule has 3 N–H and O–H groups in total. The second kappa shape index (κ2) is 3.62. The molecule has 0 radical (unpaired) electrons. The van der Waals surface area contributed by atoms with E-state index in [1.54, 1.807) is 0 Å². The van der Waals surface area contributed by atoms with Gasteiger partial charge in [-0.1, -0.05) is 17.7 Å². The number of amidine groups is 1. The summed E-state index contributed by atoms with van der Waals surface area (Å²) in [4.78, 5) is 0. The summed E-state index contributed by atoms with van der Waals surface area (Å²) in [6.07, 6.45) is 2.87. The fraction of sp³-hybridized carbons (Fsp3) is 0.364. The van der Waals surface area contributed by atoms with E-state index in [4.69, 9.17) is 22.7 Å². The maximum atomic E-state index is 7.43. The van der Waals surface area contributed by atoms with Crippen molar-refractivity contribution in [3.05, 3.63) is 34.3 Å². The highest BCUT2D eigenvalue weighted by molar-refractivity contribution is 6.30. The minimum Gasteiger partial charge on any atom is -0.387 e. The third kappa shape index (κ3) is 1.75. The first-order chi connectivity index (χ1) is 6.66. The Morgan fingerprint density at radius 1 is 1.43 bits per heavy atom. The largest absolute Gasteiger partial charge is 0.387 e. The van der Waals surface area contributed by atoms with E-state index in [0.717, 1.165) is 24.3 Å². The number of hydrogen-bond acceptors (Lipinski definition) is 1. The highest BCUT2D eigenvalue weighted by Crippen LogP contribution is 2.27. The van der Waals surface area contributed by atoms with E-state index in [-0.39, 0.29) is 5.92 Å². The molecule has 0 bridgehead atoms. The lowest BCUT2D eigenvalue weighted by atomic mass is 9.83. The molecule has 3 heteroatoms. The van der Waals surface area contributed by atoms with Crippen LogP contribution in [0.2, 0.25) is 5.02 Å². The summed E-state index contributed by atoms with van der Waals surface area (Å²) in [7, 11) is 0. The van der Waals surface area contributed by atoms with Crippen molar-refractivity contribution in [1.82, 2.24) is 0 Å². The van der Waals surface area contributed by atoms with E-state index in [1.165, 1.54) is 11.1 Å². The van der Waals surface area contributed by atoms with Crippen LogP contribution in [-0.2, 0) is 12.8 Å². The van der Waals surface area contributed by atoms with Crippen molar-refractivity contribution in [3.8, 4) is 0 Å². The summed E-state index contributed by atoms with van der Waals surface area (Å²) in [6, 6.07) is 5.99.